The molecular weight excluding hydrogens is 619 g/mol. The number of unbranched alkanes of at least 4 members (excludes halogenated alkanes) is 1. The number of carbonyl (C=O) groups is 4. The number of ether oxygens (including phenoxy) is 1. The van der Waals surface area contributed by atoms with E-state index < -0.39 is 48.1 Å². The number of alkyl halides is 3. The third-order valence-electron chi connectivity index (χ3n) is 5.46. The Morgan fingerprint density at radius 3 is 2.03 bits per heavy atom. The van der Waals surface area contributed by atoms with Gasteiger partial charge in [0.25, 0.3) is 17.7 Å². The summed E-state index contributed by atoms with van der Waals surface area (Å²) in [5.41, 5.74) is -2.08. The minimum Gasteiger partial charge on any atom is -0.454 e. The number of benzene rings is 2. The Morgan fingerprint density at radius 2 is 1.53 bits per heavy atom. The number of imide groups is 1. The average molecular weight is 635 g/mol. The standard InChI is InChI=1S/C23H16Cl5F3N2O5/c1-2-3-4-12(33-20(35)14-15(21(33)36)17(26)19(28)18(27)16(14)25)22(37)38-8-13(34)32-11-7-9(23(29,30)31)5-6-10(11)24/h5-7,12H,2-4,8H2,1H3,(H,32,34)/t12-/m0/s1. The summed E-state index contributed by atoms with van der Waals surface area (Å²) in [6.45, 7) is 0.848. The van der Waals surface area contributed by atoms with Crippen molar-refractivity contribution >= 4 is 87.4 Å². The zero-order valence-corrected chi connectivity index (χ0v) is 22.9. The summed E-state index contributed by atoms with van der Waals surface area (Å²) in [6, 6.07) is 0.826. The predicted molar refractivity (Wildman–Crippen MR) is 136 cm³/mol. The number of carbonyl (C=O) groups excluding carboxylic acids is 4. The molecule has 0 saturated heterocycles. The van der Waals surface area contributed by atoms with Crippen LogP contribution >= 0.6 is 58.0 Å². The van der Waals surface area contributed by atoms with Gasteiger partial charge in [-0.05, 0) is 24.6 Å². The minimum absolute atomic E-state index is 0.0292. The van der Waals surface area contributed by atoms with Crippen molar-refractivity contribution in [3.05, 3.63) is 60.0 Å². The van der Waals surface area contributed by atoms with Crippen molar-refractivity contribution in [3.8, 4) is 0 Å². The number of nitrogens with one attached hydrogen (secondary N) is 1. The molecule has 1 atom stereocenters. The number of amides is 3. The van der Waals surface area contributed by atoms with E-state index in [1.165, 1.54) is 0 Å². The maximum atomic E-state index is 13.1. The first kappa shape index (κ1) is 30.3. The highest BCUT2D eigenvalue weighted by atomic mass is 35.5. The molecule has 1 heterocycles. The molecule has 15 heteroatoms. The Balaban J connectivity index is 1.80. The molecule has 3 rings (SSSR count). The Hall–Kier alpha value is -2.24. The smallest absolute Gasteiger partial charge is 0.416 e. The molecule has 7 nitrogen and oxygen atoms in total. The molecule has 1 aliphatic rings. The van der Waals surface area contributed by atoms with Crippen molar-refractivity contribution in [1.29, 1.82) is 0 Å². The van der Waals surface area contributed by atoms with Gasteiger partial charge in [0.05, 0.1) is 47.5 Å². The topological polar surface area (TPSA) is 92.8 Å². The molecule has 0 aromatic heterocycles. The monoisotopic (exact) mass is 632 g/mol. The van der Waals surface area contributed by atoms with E-state index in [0.717, 1.165) is 12.1 Å². The van der Waals surface area contributed by atoms with Crippen molar-refractivity contribution in [2.75, 3.05) is 11.9 Å². The van der Waals surface area contributed by atoms with Gasteiger partial charge >= 0.3 is 12.1 Å². The first-order valence-electron chi connectivity index (χ1n) is 10.8. The molecule has 0 aliphatic carbocycles. The molecule has 0 saturated carbocycles. The Bertz CT molecular complexity index is 1290. The number of hydrogen-bond donors (Lipinski definition) is 1. The van der Waals surface area contributed by atoms with Crippen LogP contribution in [0.25, 0.3) is 0 Å². The van der Waals surface area contributed by atoms with Gasteiger partial charge in [0, 0.05) is 0 Å². The third kappa shape index (κ3) is 5.99. The molecule has 3 amide bonds. The molecule has 1 N–H and O–H groups in total. The fraction of sp³-hybridized carbons (Fsp3) is 0.304. The highest BCUT2D eigenvalue weighted by Gasteiger charge is 2.47. The summed E-state index contributed by atoms with van der Waals surface area (Å²) in [7, 11) is 0. The van der Waals surface area contributed by atoms with Crippen LogP contribution in [0.3, 0.4) is 0 Å². The molecular formula is C23H16Cl5F3N2O5. The second kappa shape index (κ2) is 11.9. The average Bonchev–Trinajstić information content (AvgIpc) is 3.11. The van der Waals surface area contributed by atoms with E-state index in [1.54, 1.807) is 6.92 Å². The Kier molecular flexibility index (Phi) is 9.47. The van der Waals surface area contributed by atoms with Gasteiger partial charge < -0.3 is 10.1 Å². The van der Waals surface area contributed by atoms with E-state index in [4.69, 9.17) is 62.7 Å². The minimum atomic E-state index is -4.68. The zero-order chi connectivity index (χ0) is 28.5. The largest absolute Gasteiger partial charge is 0.454 e. The third-order valence-corrected chi connectivity index (χ3v) is 7.59. The molecule has 38 heavy (non-hydrogen) atoms. The summed E-state index contributed by atoms with van der Waals surface area (Å²) in [5.74, 6) is -4.06. The van der Waals surface area contributed by atoms with Gasteiger partial charge in [-0.25, -0.2) is 4.79 Å². The highest BCUT2D eigenvalue weighted by molar-refractivity contribution is 6.55. The van der Waals surface area contributed by atoms with E-state index in [0.29, 0.717) is 23.8 Å². The second-order valence-corrected chi connectivity index (χ2v) is 9.91. The van der Waals surface area contributed by atoms with E-state index >= 15 is 0 Å². The van der Waals surface area contributed by atoms with Crippen molar-refractivity contribution < 1.29 is 37.1 Å². The van der Waals surface area contributed by atoms with Crippen molar-refractivity contribution in [2.45, 2.75) is 38.4 Å². The lowest BCUT2D eigenvalue weighted by molar-refractivity contribution is -0.151. The van der Waals surface area contributed by atoms with Crippen molar-refractivity contribution in [2.24, 2.45) is 0 Å². The summed E-state index contributed by atoms with van der Waals surface area (Å²) in [4.78, 5) is 52.2. The van der Waals surface area contributed by atoms with Gasteiger partial charge in [-0.15, -0.1) is 0 Å². The lowest BCUT2D eigenvalue weighted by Gasteiger charge is -2.24. The van der Waals surface area contributed by atoms with Crippen LogP contribution < -0.4 is 5.32 Å². The molecule has 2 aromatic carbocycles. The molecule has 0 fully saturated rings. The summed E-state index contributed by atoms with van der Waals surface area (Å²) in [5, 5.41) is 0.795. The first-order valence-corrected chi connectivity index (χ1v) is 12.7. The maximum Gasteiger partial charge on any atom is 0.416 e. The first-order chi connectivity index (χ1) is 17.7. The normalized spacial score (nSPS) is 14.0. The van der Waals surface area contributed by atoms with E-state index in [-0.39, 0.29) is 48.3 Å². The Labute approximate surface area is 239 Å². The predicted octanol–water partition coefficient (Wildman–Crippen LogP) is 7.31. The molecule has 0 bridgehead atoms. The molecule has 2 aromatic rings. The van der Waals surface area contributed by atoms with Crippen LogP contribution in [0.5, 0.6) is 0 Å². The van der Waals surface area contributed by atoms with Crippen LogP contribution in [0.4, 0.5) is 18.9 Å². The lowest BCUT2D eigenvalue weighted by atomic mass is 10.1. The van der Waals surface area contributed by atoms with E-state index in [9.17, 15) is 32.3 Å². The molecule has 1 aliphatic heterocycles. The number of fused-ring (bicyclic) bond motifs is 1. The number of esters is 1. The van der Waals surface area contributed by atoms with Crippen LogP contribution in [-0.2, 0) is 20.5 Å². The van der Waals surface area contributed by atoms with Crippen LogP contribution in [0, 0.1) is 0 Å². The zero-order valence-electron chi connectivity index (χ0n) is 19.1. The number of hydrogen-bond acceptors (Lipinski definition) is 5. The van der Waals surface area contributed by atoms with Gasteiger partial charge in [0.15, 0.2) is 6.61 Å². The quantitative estimate of drug-likeness (QED) is 0.142. The number of nitrogens with zero attached hydrogens (tertiary/aromatic N) is 1. The Morgan fingerprint density at radius 1 is 0.974 bits per heavy atom. The highest BCUT2D eigenvalue weighted by Crippen LogP contribution is 2.45. The number of anilines is 1. The number of rotatable bonds is 8. The van der Waals surface area contributed by atoms with Crippen molar-refractivity contribution in [3.63, 3.8) is 0 Å². The summed E-state index contributed by atoms with van der Waals surface area (Å²) >= 11 is 30.2. The number of halogens is 8. The van der Waals surface area contributed by atoms with E-state index in [2.05, 4.69) is 5.32 Å². The summed E-state index contributed by atoms with van der Waals surface area (Å²) < 4.78 is 43.9. The van der Waals surface area contributed by atoms with Crippen molar-refractivity contribution in [1.82, 2.24) is 4.90 Å². The lowest BCUT2D eigenvalue weighted by Crippen LogP contribution is -2.46. The van der Waals surface area contributed by atoms with Gasteiger partial charge in [-0.1, -0.05) is 77.8 Å². The van der Waals surface area contributed by atoms with Gasteiger partial charge in [0.1, 0.15) is 6.04 Å². The van der Waals surface area contributed by atoms with E-state index in [1.807, 2.05) is 0 Å². The maximum absolute atomic E-state index is 13.1. The second-order valence-electron chi connectivity index (χ2n) is 7.99. The fourth-order valence-corrected chi connectivity index (χ4v) is 4.80. The SMILES string of the molecule is CCCC[C@@H](C(=O)OCC(=O)Nc1cc(C(F)(F)F)ccc1Cl)N1C(=O)c2c(Cl)c(Cl)c(Cl)c(Cl)c2C1=O. The molecule has 0 unspecified atom stereocenters. The van der Waals surface area contributed by atoms with Gasteiger partial charge in [-0.2, -0.15) is 13.2 Å². The van der Waals surface area contributed by atoms with Gasteiger partial charge in [0.2, 0.25) is 0 Å². The molecule has 0 radical (unpaired) electrons. The summed E-state index contributed by atoms with van der Waals surface area (Å²) in [6.07, 6.45) is -3.77. The van der Waals surface area contributed by atoms with Crippen LogP contribution in [0.1, 0.15) is 52.5 Å². The van der Waals surface area contributed by atoms with Crippen LogP contribution in [-0.4, -0.2) is 41.2 Å². The fourth-order valence-electron chi connectivity index (χ4n) is 3.62. The van der Waals surface area contributed by atoms with Crippen LogP contribution in [0.2, 0.25) is 25.1 Å². The molecule has 204 valence electrons. The van der Waals surface area contributed by atoms with Crippen LogP contribution in [0.15, 0.2) is 18.2 Å². The molecule has 0 spiro atoms. The van der Waals surface area contributed by atoms with Gasteiger partial charge in [-0.3, -0.25) is 19.3 Å².